The first-order valence-electron chi connectivity index (χ1n) is 10.6. The summed E-state index contributed by atoms with van der Waals surface area (Å²) in [6.07, 6.45) is 2.36. The van der Waals surface area contributed by atoms with Crippen LogP contribution >= 0.6 is 0 Å². The van der Waals surface area contributed by atoms with Crippen LogP contribution in [0.1, 0.15) is 25.6 Å². The third-order valence-corrected chi connectivity index (χ3v) is 7.53. The number of aryl methyl sites for hydroxylation is 1. The van der Waals surface area contributed by atoms with E-state index in [-0.39, 0.29) is 10.8 Å². The fourth-order valence-corrected chi connectivity index (χ4v) is 5.45. The molecule has 0 aliphatic carbocycles. The van der Waals surface area contributed by atoms with Crippen molar-refractivity contribution < 1.29 is 13.2 Å². The summed E-state index contributed by atoms with van der Waals surface area (Å²) in [5.41, 5.74) is 0.573. The Morgan fingerprint density at radius 2 is 1.45 bits per heavy atom. The van der Waals surface area contributed by atoms with Gasteiger partial charge in [-0.05, 0) is 44.0 Å². The number of carbonyl (C=O) groups excluding carboxylic acids is 1. The topological polar surface area (TPSA) is 98.7 Å². The van der Waals surface area contributed by atoms with Crippen molar-refractivity contribution in [3.05, 3.63) is 36.2 Å². The molecule has 1 aromatic heterocycles. The molecule has 2 fully saturated rings. The Morgan fingerprint density at radius 3 is 2.00 bits per heavy atom. The van der Waals surface area contributed by atoms with E-state index in [1.807, 2.05) is 13.0 Å². The average Bonchev–Trinajstić information content (AvgIpc) is 3.28. The van der Waals surface area contributed by atoms with Gasteiger partial charge in [0.15, 0.2) is 0 Å². The fraction of sp³-hybridized carbons (Fsp3) is 0.476. The molecule has 0 unspecified atom stereocenters. The third kappa shape index (κ3) is 4.80. The maximum atomic E-state index is 13.0. The van der Waals surface area contributed by atoms with Crippen molar-refractivity contribution in [3.8, 4) is 0 Å². The number of hydrogen-bond donors (Lipinski definition) is 1. The Bertz CT molecular complexity index is 1040. The molecule has 2 saturated heterocycles. The molecule has 1 aromatic carbocycles. The third-order valence-electron chi connectivity index (χ3n) is 5.62. The summed E-state index contributed by atoms with van der Waals surface area (Å²) in [5.74, 6) is 2.34. The highest BCUT2D eigenvalue weighted by molar-refractivity contribution is 7.89. The van der Waals surface area contributed by atoms with Gasteiger partial charge in [0.1, 0.15) is 17.5 Å². The summed E-state index contributed by atoms with van der Waals surface area (Å²) >= 11 is 0. The first-order chi connectivity index (χ1) is 14.8. The Hall–Kier alpha value is -2.72. The number of sulfonamides is 1. The van der Waals surface area contributed by atoms with Gasteiger partial charge in [-0.1, -0.05) is 0 Å². The fourth-order valence-electron chi connectivity index (χ4n) is 4.03. The molecule has 1 N–H and O–H groups in total. The van der Waals surface area contributed by atoms with Crippen LogP contribution in [0.15, 0.2) is 35.2 Å². The molecule has 3 heterocycles. The number of nitrogens with zero attached hydrogens (tertiary/aromatic N) is 5. The van der Waals surface area contributed by atoms with Crippen LogP contribution in [-0.2, 0) is 14.8 Å². The zero-order valence-corrected chi connectivity index (χ0v) is 18.7. The van der Waals surface area contributed by atoms with Crippen LogP contribution < -0.4 is 15.1 Å². The van der Waals surface area contributed by atoms with E-state index in [4.69, 9.17) is 0 Å². The van der Waals surface area contributed by atoms with Gasteiger partial charge in [0, 0.05) is 57.9 Å². The second-order valence-electron chi connectivity index (χ2n) is 7.92. The van der Waals surface area contributed by atoms with Crippen molar-refractivity contribution in [2.45, 2.75) is 31.6 Å². The van der Waals surface area contributed by atoms with Gasteiger partial charge in [0.2, 0.25) is 15.9 Å². The number of nitrogens with one attached hydrogen (secondary N) is 1. The summed E-state index contributed by atoms with van der Waals surface area (Å²) in [4.78, 5) is 25.0. The molecule has 0 spiro atoms. The number of aromatic nitrogens is 2. The molecule has 9 nitrogen and oxygen atoms in total. The van der Waals surface area contributed by atoms with E-state index in [1.165, 1.54) is 36.2 Å². The molecule has 0 radical (unpaired) electrons. The first-order valence-corrected chi connectivity index (χ1v) is 12.0. The van der Waals surface area contributed by atoms with E-state index in [0.29, 0.717) is 31.9 Å². The Labute approximate surface area is 183 Å². The van der Waals surface area contributed by atoms with Gasteiger partial charge in [-0.2, -0.15) is 4.31 Å². The molecule has 2 aliphatic rings. The minimum absolute atomic E-state index is 0.195. The van der Waals surface area contributed by atoms with Crippen LogP contribution in [0.3, 0.4) is 0 Å². The maximum absolute atomic E-state index is 13.0. The molecule has 1 amide bonds. The number of amides is 1. The number of hydrogen-bond acceptors (Lipinski definition) is 7. The maximum Gasteiger partial charge on any atom is 0.243 e. The van der Waals surface area contributed by atoms with Gasteiger partial charge in [0.05, 0.1) is 4.90 Å². The Balaban J connectivity index is 1.44. The molecular weight excluding hydrogens is 416 g/mol. The SMILES string of the molecule is CC(=O)Nc1ccc(S(=O)(=O)N2CCN(c3cc(N4CCCC4)nc(C)n3)CC2)cc1. The summed E-state index contributed by atoms with van der Waals surface area (Å²) < 4.78 is 27.6. The highest BCUT2D eigenvalue weighted by Gasteiger charge is 2.29. The van der Waals surface area contributed by atoms with Crippen LogP contribution in [-0.4, -0.2) is 67.9 Å². The summed E-state index contributed by atoms with van der Waals surface area (Å²) in [5, 5.41) is 2.65. The van der Waals surface area contributed by atoms with E-state index in [2.05, 4.69) is 25.1 Å². The molecule has 2 aromatic rings. The minimum Gasteiger partial charge on any atom is -0.356 e. The van der Waals surface area contributed by atoms with E-state index in [9.17, 15) is 13.2 Å². The monoisotopic (exact) mass is 444 g/mol. The van der Waals surface area contributed by atoms with Gasteiger partial charge in [0.25, 0.3) is 0 Å². The van der Waals surface area contributed by atoms with Crippen molar-refractivity contribution in [1.82, 2.24) is 14.3 Å². The van der Waals surface area contributed by atoms with Crippen molar-refractivity contribution in [2.75, 3.05) is 54.4 Å². The number of benzene rings is 1. The highest BCUT2D eigenvalue weighted by Crippen LogP contribution is 2.25. The average molecular weight is 445 g/mol. The molecule has 0 saturated carbocycles. The van der Waals surface area contributed by atoms with E-state index < -0.39 is 10.0 Å². The van der Waals surface area contributed by atoms with E-state index in [1.54, 1.807) is 12.1 Å². The second-order valence-corrected chi connectivity index (χ2v) is 9.86. The largest absolute Gasteiger partial charge is 0.356 e. The first kappa shape index (κ1) is 21.5. The van der Waals surface area contributed by atoms with Gasteiger partial charge in [-0.15, -0.1) is 0 Å². The lowest BCUT2D eigenvalue weighted by molar-refractivity contribution is -0.114. The van der Waals surface area contributed by atoms with Crippen LogP contribution in [0.5, 0.6) is 0 Å². The van der Waals surface area contributed by atoms with Crippen LogP contribution in [0, 0.1) is 6.92 Å². The van der Waals surface area contributed by atoms with Crippen LogP contribution in [0.2, 0.25) is 0 Å². The number of carbonyl (C=O) groups is 1. The lowest BCUT2D eigenvalue weighted by Gasteiger charge is -2.35. The summed E-state index contributed by atoms with van der Waals surface area (Å²) in [6, 6.07) is 8.29. The lowest BCUT2D eigenvalue weighted by atomic mass is 10.3. The summed E-state index contributed by atoms with van der Waals surface area (Å²) in [6.45, 7) is 7.25. The zero-order chi connectivity index (χ0) is 22.0. The Kier molecular flexibility index (Phi) is 6.10. The van der Waals surface area contributed by atoms with E-state index in [0.717, 1.165) is 30.5 Å². The molecule has 2 aliphatic heterocycles. The molecule has 10 heteroatoms. The molecule has 0 atom stereocenters. The smallest absolute Gasteiger partial charge is 0.243 e. The van der Waals surface area contributed by atoms with Crippen molar-refractivity contribution in [3.63, 3.8) is 0 Å². The number of rotatable bonds is 5. The van der Waals surface area contributed by atoms with E-state index >= 15 is 0 Å². The van der Waals surface area contributed by atoms with Crippen LogP contribution in [0.25, 0.3) is 0 Å². The van der Waals surface area contributed by atoms with Crippen molar-refractivity contribution in [2.24, 2.45) is 0 Å². The molecular formula is C21H28N6O3S. The van der Waals surface area contributed by atoms with Gasteiger partial charge in [-0.25, -0.2) is 18.4 Å². The standard InChI is InChI=1S/C21H28N6O3S/c1-16-22-20(25-9-3-4-10-25)15-21(23-16)26-11-13-27(14-12-26)31(29,30)19-7-5-18(6-8-19)24-17(2)28/h5-8,15H,3-4,9-14H2,1-2H3,(H,24,28). The predicted molar refractivity (Wildman–Crippen MR) is 120 cm³/mol. The normalized spacial score (nSPS) is 17.7. The van der Waals surface area contributed by atoms with Gasteiger partial charge < -0.3 is 15.1 Å². The second kappa shape index (κ2) is 8.80. The number of anilines is 3. The molecule has 166 valence electrons. The molecule has 4 rings (SSSR count). The summed E-state index contributed by atoms with van der Waals surface area (Å²) in [7, 11) is -3.59. The van der Waals surface area contributed by atoms with Gasteiger partial charge in [-0.3, -0.25) is 4.79 Å². The zero-order valence-electron chi connectivity index (χ0n) is 17.9. The highest BCUT2D eigenvalue weighted by atomic mass is 32.2. The van der Waals surface area contributed by atoms with Gasteiger partial charge >= 0.3 is 0 Å². The lowest BCUT2D eigenvalue weighted by Crippen LogP contribution is -2.49. The minimum atomic E-state index is -3.59. The quantitative estimate of drug-likeness (QED) is 0.751. The Morgan fingerprint density at radius 1 is 0.903 bits per heavy atom. The molecule has 0 bridgehead atoms. The predicted octanol–water partition coefficient (Wildman–Crippen LogP) is 1.85. The van der Waals surface area contributed by atoms with Crippen molar-refractivity contribution in [1.29, 1.82) is 0 Å². The van der Waals surface area contributed by atoms with Crippen LogP contribution in [0.4, 0.5) is 17.3 Å². The van der Waals surface area contributed by atoms with Crippen molar-refractivity contribution >= 4 is 33.3 Å². The number of piperazine rings is 1. The molecule has 31 heavy (non-hydrogen) atoms.